The summed E-state index contributed by atoms with van der Waals surface area (Å²) in [5, 5.41) is 13.3. The van der Waals surface area contributed by atoms with E-state index in [1.54, 1.807) is 22.9 Å². The molecule has 112 valence electrons. The van der Waals surface area contributed by atoms with Crippen LogP contribution in [0.15, 0.2) is 60.7 Å². The lowest BCUT2D eigenvalue weighted by Crippen LogP contribution is -2.04. The van der Waals surface area contributed by atoms with Gasteiger partial charge in [-0.2, -0.15) is 10.4 Å². The number of aromatic nitrogens is 2. The Kier molecular flexibility index (Phi) is 3.89. The third kappa shape index (κ3) is 2.83. The Hall–Kier alpha value is -3.39. The zero-order valence-corrected chi connectivity index (χ0v) is 12.4. The average Bonchev–Trinajstić information content (AvgIpc) is 3.07. The Morgan fingerprint density at radius 3 is 2.43 bits per heavy atom. The van der Waals surface area contributed by atoms with Crippen LogP contribution < -0.4 is 0 Å². The van der Waals surface area contributed by atoms with Crippen molar-refractivity contribution >= 4 is 5.97 Å². The van der Waals surface area contributed by atoms with E-state index >= 15 is 0 Å². The minimum Gasteiger partial charge on any atom is -0.464 e. The summed E-state index contributed by atoms with van der Waals surface area (Å²) in [6.07, 6.45) is 0. The molecule has 0 atom stereocenters. The van der Waals surface area contributed by atoms with Gasteiger partial charge in [0.25, 0.3) is 0 Å². The Labute approximate surface area is 133 Å². The van der Waals surface area contributed by atoms with E-state index in [1.807, 2.05) is 42.5 Å². The molecule has 0 aliphatic heterocycles. The van der Waals surface area contributed by atoms with Gasteiger partial charge in [0, 0.05) is 5.56 Å². The number of methoxy groups -OCH3 is 1. The summed E-state index contributed by atoms with van der Waals surface area (Å²) < 4.78 is 6.44. The highest BCUT2D eigenvalue weighted by Crippen LogP contribution is 2.24. The molecule has 3 aromatic rings. The molecule has 23 heavy (non-hydrogen) atoms. The predicted octanol–water partition coefficient (Wildman–Crippen LogP) is 3.20. The molecular weight excluding hydrogens is 290 g/mol. The molecule has 3 rings (SSSR count). The molecule has 0 fully saturated rings. The SMILES string of the molecule is COC(=O)c1cc(-c2ccc(C#N)cc2)n(-c2ccccc2)n1. The number of nitrogens with zero attached hydrogens (tertiary/aromatic N) is 3. The first kappa shape index (κ1) is 14.5. The van der Waals surface area contributed by atoms with Crippen molar-refractivity contribution in [3.63, 3.8) is 0 Å². The van der Waals surface area contributed by atoms with E-state index in [1.165, 1.54) is 7.11 Å². The maximum absolute atomic E-state index is 11.8. The van der Waals surface area contributed by atoms with Crippen LogP contribution in [-0.4, -0.2) is 22.9 Å². The summed E-state index contributed by atoms with van der Waals surface area (Å²) in [4.78, 5) is 11.8. The minimum absolute atomic E-state index is 0.232. The summed E-state index contributed by atoms with van der Waals surface area (Å²) in [7, 11) is 1.32. The molecule has 0 N–H and O–H groups in total. The summed E-state index contributed by atoms with van der Waals surface area (Å²) in [5.74, 6) is -0.491. The van der Waals surface area contributed by atoms with Gasteiger partial charge in [0.1, 0.15) is 0 Å². The maximum Gasteiger partial charge on any atom is 0.358 e. The van der Waals surface area contributed by atoms with E-state index in [0.29, 0.717) is 5.56 Å². The van der Waals surface area contributed by atoms with Gasteiger partial charge in [0.2, 0.25) is 0 Å². The van der Waals surface area contributed by atoms with Gasteiger partial charge < -0.3 is 4.74 Å². The van der Waals surface area contributed by atoms with Crippen molar-refractivity contribution in [2.75, 3.05) is 7.11 Å². The molecule has 5 heteroatoms. The van der Waals surface area contributed by atoms with E-state index in [4.69, 9.17) is 10.00 Å². The second-order valence-electron chi connectivity index (χ2n) is 4.84. The highest BCUT2D eigenvalue weighted by Gasteiger charge is 2.16. The molecule has 0 spiro atoms. The summed E-state index contributed by atoms with van der Waals surface area (Å²) >= 11 is 0. The molecule has 0 aliphatic carbocycles. The van der Waals surface area contributed by atoms with Gasteiger partial charge in [-0.25, -0.2) is 9.48 Å². The lowest BCUT2D eigenvalue weighted by atomic mass is 10.1. The van der Waals surface area contributed by atoms with Crippen LogP contribution in [0.4, 0.5) is 0 Å². The lowest BCUT2D eigenvalue weighted by Gasteiger charge is -2.07. The van der Waals surface area contributed by atoms with E-state index in [-0.39, 0.29) is 5.69 Å². The van der Waals surface area contributed by atoms with Crippen molar-refractivity contribution in [1.29, 1.82) is 5.26 Å². The fourth-order valence-corrected chi connectivity index (χ4v) is 2.27. The molecule has 1 aromatic heterocycles. The smallest absolute Gasteiger partial charge is 0.358 e. The lowest BCUT2D eigenvalue weighted by molar-refractivity contribution is 0.0593. The number of carbonyl (C=O) groups excluding carboxylic acids is 1. The minimum atomic E-state index is -0.491. The number of carbonyl (C=O) groups is 1. The van der Waals surface area contributed by atoms with Gasteiger partial charge >= 0.3 is 5.97 Å². The second kappa shape index (κ2) is 6.16. The van der Waals surface area contributed by atoms with Crippen LogP contribution in [0, 0.1) is 11.3 Å². The molecule has 0 saturated carbocycles. The van der Waals surface area contributed by atoms with Crippen molar-refractivity contribution in [3.8, 4) is 23.0 Å². The number of nitriles is 1. The largest absolute Gasteiger partial charge is 0.464 e. The molecule has 0 bridgehead atoms. The first-order valence-electron chi connectivity index (χ1n) is 6.97. The Morgan fingerprint density at radius 2 is 1.83 bits per heavy atom. The molecule has 2 aromatic carbocycles. The fourth-order valence-electron chi connectivity index (χ4n) is 2.27. The van der Waals surface area contributed by atoms with Gasteiger partial charge in [-0.15, -0.1) is 0 Å². The molecule has 0 radical (unpaired) electrons. The molecule has 0 unspecified atom stereocenters. The van der Waals surface area contributed by atoms with Crippen LogP contribution in [0.2, 0.25) is 0 Å². The molecule has 1 heterocycles. The first-order chi connectivity index (χ1) is 11.2. The van der Waals surface area contributed by atoms with Gasteiger partial charge in [0.15, 0.2) is 5.69 Å². The number of benzene rings is 2. The summed E-state index contributed by atoms with van der Waals surface area (Å²) in [5.41, 5.74) is 3.25. The topological polar surface area (TPSA) is 67.9 Å². The van der Waals surface area contributed by atoms with E-state index in [0.717, 1.165) is 16.9 Å². The highest BCUT2D eigenvalue weighted by atomic mass is 16.5. The fraction of sp³-hybridized carbons (Fsp3) is 0.0556. The molecule has 0 amide bonds. The quantitative estimate of drug-likeness (QED) is 0.697. The number of rotatable bonds is 3. The van der Waals surface area contributed by atoms with Gasteiger partial charge in [-0.1, -0.05) is 30.3 Å². The highest BCUT2D eigenvalue weighted by molar-refractivity contribution is 5.89. The van der Waals surface area contributed by atoms with Crippen LogP contribution in [-0.2, 0) is 4.74 Å². The van der Waals surface area contributed by atoms with Crippen LogP contribution in [0.1, 0.15) is 16.1 Å². The van der Waals surface area contributed by atoms with Crippen molar-refractivity contribution in [1.82, 2.24) is 9.78 Å². The third-order valence-corrected chi connectivity index (χ3v) is 3.41. The van der Waals surface area contributed by atoms with E-state index in [9.17, 15) is 4.79 Å². The van der Waals surface area contributed by atoms with Crippen molar-refractivity contribution < 1.29 is 9.53 Å². The zero-order chi connectivity index (χ0) is 16.2. The Bertz CT molecular complexity index is 875. The molecular formula is C18H13N3O2. The normalized spacial score (nSPS) is 10.1. The van der Waals surface area contributed by atoms with Crippen molar-refractivity contribution in [3.05, 3.63) is 71.9 Å². The van der Waals surface area contributed by atoms with E-state index in [2.05, 4.69) is 11.2 Å². The summed E-state index contributed by atoms with van der Waals surface area (Å²) in [6.45, 7) is 0. The van der Waals surface area contributed by atoms with E-state index < -0.39 is 5.97 Å². The van der Waals surface area contributed by atoms with Crippen molar-refractivity contribution in [2.45, 2.75) is 0 Å². The molecule has 0 saturated heterocycles. The molecule has 0 aliphatic rings. The van der Waals surface area contributed by atoms with Gasteiger partial charge in [-0.3, -0.25) is 0 Å². The van der Waals surface area contributed by atoms with Crippen molar-refractivity contribution in [2.24, 2.45) is 0 Å². The Morgan fingerprint density at radius 1 is 1.13 bits per heavy atom. The second-order valence-corrected chi connectivity index (χ2v) is 4.84. The summed E-state index contributed by atoms with van der Waals surface area (Å²) in [6, 6.07) is 20.4. The van der Waals surface area contributed by atoms with Crippen LogP contribution >= 0.6 is 0 Å². The van der Waals surface area contributed by atoms with Crippen LogP contribution in [0.25, 0.3) is 16.9 Å². The van der Waals surface area contributed by atoms with Crippen LogP contribution in [0.3, 0.4) is 0 Å². The number of para-hydroxylation sites is 1. The number of esters is 1. The first-order valence-corrected chi connectivity index (χ1v) is 6.97. The maximum atomic E-state index is 11.8. The Balaban J connectivity index is 2.15. The zero-order valence-electron chi connectivity index (χ0n) is 12.4. The number of hydrogen-bond acceptors (Lipinski definition) is 4. The average molecular weight is 303 g/mol. The number of ether oxygens (including phenoxy) is 1. The molecule has 5 nitrogen and oxygen atoms in total. The van der Waals surface area contributed by atoms with Gasteiger partial charge in [-0.05, 0) is 30.3 Å². The third-order valence-electron chi connectivity index (χ3n) is 3.41. The van der Waals surface area contributed by atoms with Crippen LogP contribution in [0.5, 0.6) is 0 Å². The number of hydrogen-bond donors (Lipinski definition) is 0. The predicted molar refractivity (Wildman–Crippen MR) is 85.1 cm³/mol. The van der Waals surface area contributed by atoms with Gasteiger partial charge in [0.05, 0.1) is 30.1 Å². The standard InChI is InChI=1S/C18H13N3O2/c1-23-18(22)16-11-17(14-9-7-13(12-19)8-10-14)21(20-16)15-5-3-2-4-6-15/h2-11H,1H3. The monoisotopic (exact) mass is 303 g/mol.